The lowest BCUT2D eigenvalue weighted by atomic mass is 9.48. The molecule has 0 radical (unpaired) electrons. The van der Waals surface area contributed by atoms with Crippen LogP contribution in [-0.2, 0) is 145 Å². The third-order valence-electron chi connectivity index (χ3n) is 36.2. The van der Waals surface area contributed by atoms with Gasteiger partial charge in [0.05, 0.1) is 59.2 Å². The second kappa shape index (κ2) is 30.7. The highest BCUT2D eigenvalue weighted by molar-refractivity contribution is 6.03. The number of H-pyrrole nitrogens is 4. The molecule has 3 saturated heterocycles. The van der Waals surface area contributed by atoms with Crippen LogP contribution < -0.4 is 22.2 Å². The molecule has 3 aliphatic heterocycles. The number of aromatic nitrogens is 9. The molecule has 0 aromatic carbocycles. The summed E-state index contributed by atoms with van der Waals surface area (Å²) in [5.74, 6) is 1.37. The quantitative estimate of drug-likeness (QED) is 0.0450. The number of hydrogen-bond donors (Lipinski definition) is 5. The van der Waals surface area contributed by atoms with Gasteiger partial charge in [-0.15, -0.1) is 0 Å². The van der Waals surface area contributed by atoms with Gasteiger partial charge in [-0.25, -0.2) is 0 Å². The summed E-state index contributed by atoms with van der Waals surface area (Å²) in [6.45, 7) is 43.0. The number of methoxy groups -OCH3 is 1. The number of fused-ring (bicyclic) bond motifs is 15. The van der Waals surface area contributed by atoms with E-state index in [4.69, 9.17) is 37.7 Å². The Kier molecular flexibility index (Phi) is 22.6. The molecule has 20 rings (SSSR count). The third-order valence-corrected chi connectivity index (χ3v) is 36.2. The Morgan fingerprint density at radius 1 is 0.415 bits per heavy atom. The summed E-state index contributed by atoms with van der Waals surface area (Å²) in [5.41, 5.74) is 7.64. The minimum atomic E-state index is -0.610. The molecule has 1 unspecified atom stereocenters. The SMILES string of the molecule is CC1(C)[C@@H]2CCCC(=O)[C@@]2(C)CCC12OCCO2.COC(=O)C1CC[C@H]2C(C)(C)C3(CC[C@]2(C)C1=O)OCCO3.Cn1[nH]c2c(c1=O)CC[C@H]1C(C)(C)C(=O)/C(=C\O)C[C@]21C.Cn1[nH]c2c(c1=O)CC[C@H]1C(C)(C)C(=O)CC[C@]21C.Cn1[nH]c2c(c1=O)CC[C@H]1C(C)(C)C3(CC[C@]21C)OCCO3.Cn1[nH]c2c(c1=O)CC[C@H]1C(C)(C)c3oncc3C[C@]21C. The minimum absolute atomic E-state index is 0.00192. The number of aliphatic hydroxyl groups excluding tert-OH is 1. The van der Waals surface area contributed by atoms with Crippen molar-refractivity contribution in [2.45, 2.75) is 317 Å². The van der Waals surface area contributed by atoms with E-state index in [0.29, 0.717) is 119 Å². The van der Waals surface area contributed by atoms with Crippen molar-refractivity contribution in [2.24, 2.45) is 108 Å². The zero-order valence-corrected chi connectivity index (χ0v) is 77.8. The molecular weight excluding hydrogens is 1570 g/mol. The Balaban J connectivity index is 0.000000115. The largest absolute Gasteiger partial charge is 0.515 e. The predicted octanol–water partition coefficient (Wildman–Crippen LogP) is 13.3. The molecule has 5 aromatic rings. The normalized spacial score (nSPS) is 35.3. The van der Waals surface area contributed by atoms with Gasteiger partial charge in [-0.3, -0.25) is 82.3 Å². The number of nitrogens with one attached hydrogen (secondary N) is 4. The molecular formula is C96H141N9O18. The van der Waals surface area contributed by atoms with E-state index in [1.807, 2.05) is 34.0 Å². The monoisotopic (exact) mass is 1710 g/mol. The molecule has 123 heavy (non-hydrogen) atoms. The van der Waals surface area contributed by atoms with Crippen molar-refractivity contribution in [3.8, 4) is 0 Å². The second-order valence-electron chi connectivity index (χ2n) is 44.2. The zero-order valence-electron chi connectivity index (χ0n) is 77.8. The van der Waals surface area contributed by atoms with Crippen LogP contribution in [0, 0.1) is 79.3 Å². The number of allylic oxidation sites excluding steroid dienone is 1. The van der Waals surface area contributed by atoms with Crippen molar-refractivity contribution in [3.63, 3.8) is 0 Å². The fourth-order valence-electron chi connectivity index (χ4n) is 29.3. The van der Waals surface area contributed by atoms with Gasteiger partial charge in [0, 0.05) is 181 Å². The van der Waals surface area contributed by atoms with Crippen molar-refractivity contribution in [1.82, 2.24) is 44.3 Å². The molecule has 8 heterocycles. The molecule has 7 saturated carbocycles. The maximum atomic E-state index is 13.0. The van der Waals surface area contributed by atoms with Crippen LogP contribution >= 0.6 is 0 Å². The van der Waals surface area contributed by atoms with Gasteiger partial charge in [-0.2, -0.15) is 0 Å². The van der Waals surface area contributed by atoms with Crippen LogP contribution in [0.3, 0.4) is 0 Å². The average Bonchev–Trinajstić information content (AvgIpc) is 1.63. The molecule has 13 atom stereocenters. The number of hydrogen-bond acceptors (Lipinski definition) is 19. The van der Waals surface area contributed by atoms with E-state index in [-0.39, 0.29) is 99.8 Å². The van der Waals surface area contributed by atoms with Gasteiger partial charge in [0.15, 0.2) is 28.9 Å². The minimum Gasteiger partial charge on any atom is -0.515 e. The van der Waals surface area contributed by atoms with Gasteiger partial charge in [0.2, 0.25) is 0 Å². The number of nitrogens with zero attached hydrogens (tertiary/aromatic N) is 5. The lowest BCUT2D eigenvalue weighted by Crippen LogP contribution is -2.63. The van der Waals surface area contributed by atoms with E-state index >= 15 is 0 Å². The lowest BCUT2D eigenvalue weighted by Gasteiger charge is -2.59. The zero-order chi connectivity index (χ0) is 89.5. The summed E-state index contributed by atoms with van der Waals surface area (Å²) in [6, 6.07) is 0. The number of aliphatic hydroxyl groups is 1. The van der Waals surface area contributed by atoms with Crippen molar-refractivity contribution in [3.05, 3.63) is 116 Å². The van der Waals surface area contributed by atoms with Crippen LogP contribution in [0.2, 0.25) is 0 Å². The highest BCUT2D eigenvalue weighted by Gasteiger charge is 2.69. The average molecular weight is 1710 g/mol. The third kappa shape index (κ3) is 13.3. The molecule has 5 aromatic heterocycles. The second-order valence-corrected chi connectivity index (χ2v) is 44.2. The first-order chi connectivity index (χ1) is 57.4. The lowest BCUT2D eigenvalue weighted by molar-refractivity contribution is -0.283. The van der Waals surface area contributed by atoms with E-state index in [9.17, 15) is 48.3 Å². The number of aryl methyl sites for hydroxylation is 4. The summed E-state index contributed by atoms with van der Waals surface area (Å²) in [4.78, 5) is 111. The summed E-state index contributed by atoms with van der Waals surface area (Å²) in [6.07, 6.45) is 22.0. The summed E-state index contributed by atoms with van der Waals surface area (Å²) in [7, 11) is 8.47. The standard InChI is InChI=1S/C17H26N2O3.C17H26O5.C16H21N3O2.C16H22N2O3.C15H22N2O2.C15H24O3/c1-15(2)12-6-5-11-13(18-19(4)14(11)20)16(12,3)7-8-17(15)21-9-10-22-17;1-15(2)12-6-5-11(14(19)20-4)13(18)16(12,3)7-8-17(15)21-9-10-22-17;1-15(2)11-6-5-10-12(18-19(4)14(10)20)16(11,3)7-9-8-17-21-13(9)15;1-15(2)11-6-5-10-12(17-18(4)14(10)21)16(11,3)7-9(8-19)13(15)20;1-14(2)10-6-5-9-12(16-17(4)13(9)19)15(10,3)8-7-11(14)18;1-13(2)11-5-4-6-12(16)14(11,3)7-8-15(13)17-9-10-18-15/h12,18H,5-10H2,1-4H3;11-12H,5-10H2,1-4H3;8,11,18H,5-7H2,1-4H3;8,11,17,19H,5-7H2,1-4H3;10,16H,5-8H2,1-4H3;11H,4-10H2,1-3H3/b;;;9-8-;;/t12-,16-;11?,12-,16-;2*11-,16-;10-,15-;11-,14-/m000000/s1. The number of rotatable bonds is 1. The van der Waals surface area contributed by atoms with E-state index in [1.54, 1.807) is 35.2 Å². The van der Waals surface area contributed by atoms with Crippen molar-refractivity contribution in [1.29, 1.82) is 0 Å². The number of carbonyl (C=O) groups is 5. The molecule has 0 bridgehead atoms. The first-order valence-corrected chi connectivity index (χ1v) is 45.9. The molecule has 10 fully saturated rings. The predicted molar refractivity (Wildman–Crippen MR) is 461 cm³/mol. The summed E-state index contributed by atoms with van der Waals surface area (Å²) >= 11 is 0. The van der Waals surface area contributed by atoms with Gasteiger partial charge in [-0.1, -0.05) is 130 Å². The number of Topliss-reactive ketones (excluding diaryl/α,β-unsaturated/α-hetero) is 4. The van der Waals surface area contributed by atoms with Crippen LogP contribution in [0.1, 0.15) is 297 Å². The summed E-state index contributed by atoms with van der Waals surface area (Å²) in [5, 5.41) is 26.6. The summed E-state index contributed by atoms with van der Waals surface area (Å²) < 4.78 is 52.9. The smallest absolute Gasteiger partial charge is 0.316 e. The number of esters is 1. The number of aromatic amines is 4. The van der Waals surface area contributed by atoms with Gasteiger partial charge >= 0.3 is 5.97 Å². The molecule has 15 aliphatic rings. The van der Waals surface area contributed by atoms with Gasteiger partial charge in [0.25, 0.3) is 22.2 Å². The molecule has 3 spiro atoms. The van der Waals surface area contributed by atoms with Gasteiger partial charge < -0.3 is 42.8 Å². The van der Waals surface area contributed by atoms with Crippen LogP contribution in [0.4, 0.5) is 0 Å². The molecule has 12 aliphatic carbocycles. The topological polar surface area (TPSA) is 347 Å². The van der Waals surface area contributed by atoms with Gasteiger partial charge in [0.1, 0.15) is 23.2 Å². The molecule has 678 valence electrons. The Hall–Kier alpha value is -7.30. The van der Waals surface area contributed by atoms with Gasteiger partial charge in [-0.05, 0) is 151 Å². The van der Waals surface area contributed by atoms with Crippen LogP contribution in [0.15, 0.2) is 41.7 Å². The van der Waals surface area contributed by atoms with Crippen molar-refractivity contribution < 1.29 is 66.8 Å². The Bertz CT molecular complexity index is 5270. The number of ketones is 4. The van der Waals surface area contributed by atoms with Crippen LogP contribution in [0.25, 0.3) is 0 Å². The van der Waals surface area contributed by atoms with E-state index in [0.717, 1.165) is 166 Å². The fraction of sp³-hybridized carbons (Fsp3) is 0.771. The molecule has 27 heteroatoms. The molecule has 27 nitrogen and oxygen atoms in total. The van der Waals surface area contributed by atoms with Crippen molar-refractivity contribution in [2.75, 3.05) is 46.8 Å². The molecule has 5 N–H and O–H groups in total. The Morgan fingerprint density at radius 3 is 1.21 bits per heavy atom. The maximum absolute atomic E-state index is 13.0. The first-order valence-electron chi connectivity index (χ1n) is 45.9. The maximum Gasteiger partial charge on any atom is 0.316 e. The molecule has 0 amide bonds. The Labute approximate surface area is 723 Å². The number of ether oxygens (including phenoxy) is 7. The first kappa shape index (κ1) is 90.5. The van der Waals surface area contributed by atoms with Crippen molar-refractivity contribution >= 4 is 29.1 Å². The highest BCUT2D eigenvalue weighted by atomic mass is 16.8. The van der Waals surface area contributed by atoms with Crippen LogP contribution in [0.5, 0.6) is 0 Å². The fourth-order valence-corrected chi connectivity index (χ4v) is 29.3. The van der Waals surface area contributed by atoms with E-state index < -0.39 is 40.1 Å². The Morgan fingerprint density at radius 2 is 0.780 bits per heavy atom. The number of carbonyl (C=O) groups excluding carboxylic acids is 5. The highest BCUT2D eigenvalue weighted by Crippen LogP contribution is 2.67. The van der Waals surface area contributed by atoms with E-state index in [2.05, 4.69) is 129 Å². The van der Waals surface area contributed by atoms with E-state index in [1.165, 1.54) is 17.4 Å². The van der Waals surface area contributed by atoms with Crippen LogP contribution in [-0.4, -0.2) is 143 Å².